The first kappa shape index (κ1) is 41.8. The second kappa shape index (κ2) is 19.0. The van der Waals surface area contributed by atoms with Crippen LogP contribution in [0.25, 0.3) is 0 Å². The predicted octanol–water partition coefficient (Wildman–Crippen LogP) is 4.87. The van der Waals surface area contributed by atoms with E-state index in [2.05, 4.69) is 25.9 Å². The fourth-order valence-corrected chi connectivity index (χ4v) is 8.09. The number of ether oxygens (including phenoxy) is 2. The highest BCUT2D eigenvalue weighted by Gasteiger charge is 2.28. The molecular formula is C39H48F2N8O6S. The van der Waals surface area contributed by atoms with Crippen molar-refractivity contribution in [2.45, 2.75) is 51.1 Å². The van der Waals surface area contributed by atoms with Gasteiger partial charge in [-0.05, 0) is 106 Å². The maximum absolute atomic E-state index is 13.6. The van der Waals surface area contributed by atoms with Gasteiger partial charge in [0.15, 0.2) is 0 Å². The summed E-state index contributed by atoms with van der Waals surface area (Å²) in [6, 6.07) is 14.4. The molecule has 14 nitrogen and oxygen atoms in total. The second-order valence-corrected chi connectivity index (χ2v) is 15.5. The van der Waals surface area contributed by atoms with Crippen LogP contribution in [0.15, 0.2) is 60.7 Å². The summed E-state index contributed by atoms with van der Waals surface area (Å²) < 4.78 is 63.3. The molecule has 6 rings (SSSR count). The minimum atomic E-state index is -3.19. The van der Waals surface area contributed by atoms with Gasteiger partial charge < -0.3 is 36.9 Å². The molecule has 0 bridgehead atoms. The van der Waals surface area contributed by atoms with E-state index < -0.39 is 33.2 Å². The quantitative estimate of drug-likeness (QED) is 0.115. The molecule has 7 N–H and O–H groups in total. The molecule has 2 saturated heterocycles. The van der Waals surface area contributed by atoms with E-state index in [1.54, 1.807) is 18.2 Å². The first-order valence-corrected chi connectivity index (χ1v) is 20.0. The Bertz CT molecular complexity index is 2130. The second-order valence-electron chi connectivity index (χ2n) is 13.4. The molecule has 0 aliphatic carbocycles. The molecule has 0 amide bonds. The minimum Gasteiger partial charge on any atom is -0.496 e. The Balaban J connectivity index is 0.000000219. The number of nitrogens with two attached hydrogens (primary N) is 2. The molecule has 300 valence electrons. The number of carbonyl (C=O) groups excluding carboxylic acids is 2. The van der Waals surface area contributed by atoms with Gasteiger partial charge in [0, 0.05) is 25.2 Å². The Kier molecular flexibility index (Phi) is 14.1. The lowest BCUT2D eigenvalue weighted by molar-refractivity contribution is 0.102. The van der Waals surface area contributed by atoms with Crippen LogP contribution in [0.5, 0.6) is 11.5 Å². The molecule has 0 saturated carbocycles. The number of hydrogen-bond acceptors (Lipinski definition) is 13. The number of nitrogen functional groups attached to an aromatic ring is 2. The van der Waals surface area contributed by atoms with E-state index in [9.17, 15) is 26.8 Å². The number of pyridine rings is 2. The average Bonchev–Trinajstić information content (AvgIpc) is 3.18. The summed E-state index contributed by atoms with van der Waals surface area (Å²) in [4.78, 5) is 34.1. The molecule has 17 heteroatoms. The summed E-state index contributed by atoms with van der Waals surface area (Å²) in [5.74, 6) is -0.0186. The molecule has 2 aromatic carbocycles. The molecule has 0 radical (unpaired) electrons. The third-order valence-electron chi connectivity index (χ3n) is 9.50. The van der Waals surface area contributed by atoms with E-state index in [0.29, 0.717) is 55.8 Å². The van der Waals surface area contributed by atoms with Gasteiger partial charge in [-0.3, -0.25) is 9.59 Å². The smallest absolute Gasteiger partial charge is 0.214 e. The van der Waals surface area contributed by atoms with Crippen molar-refractivity contribution in [3.63, 3.8) is 0 Å². The van der Waals surface area contributed by atoms with Crippen molar-refractivity contribution in [3.05, 3.63) is 94.6 Å². The van der Waals surface area contributed by atoms with Crippen molar-refractivity contribution in [1.82, 2.24) is 19.6 Å². The predicted molar refractivity (Wildman–Crippen MR) is 212 cm³/mol. The lowest BCUT2D eigenvalue weighted by atomic mass is 10.0. The van der Waals surface area contributed by atoms with Gasteiger partial charge in [-0.25, -0.2) is 31.5 Å². The van der Waals surface area contributed by atoms with Crippen LogP contribution in [0.2, 0.25) is 0 Å². The maximum atomic E-state index is 13.6. The van der Waals surface area contributed by atoms with Gasteiger partial charge in [-0.1, -0.05) is 6.92 Å². The average molecular weight is 795 g/mol. The van der Waals surface area contributed by atoms with Crippen LogP contribution in [0.1, 0.15) is 70.9 Å². The van der Waals surface area contributed by atoms with E-state index in [0.717, 1.165) is 38.1 Å². The topological polar surface area (TPSA) is 204 Å². The highest BCUT2D eigenvalue weighted by Crippen LogP contribution is 2.28. The molecule has 0 atom stereocenters. The SMILES string of the molecule is CCCS(=O)(=O)N1CCC(Nc2ccc(C(=O)c3cc(F)ccc3OC)c(N)n2)CC1.COc1ccc(F)cc1C(=O)c1ccc(NC2CCNCC2)nc1N. The molecule has 4 aromatic rings. The van der Waals surface area contributed by atoms with Crippen molar-refractivity contribution >= 4 is 44.9 Å². The monoisotopic (exact) mass is 794 g/mol. The van der Waals surface area contributed by atoms with Gasteiger partial charge in [-0.2, -0.15) is 0 Å². The maximum Gasteiger partial charge on any atom is 0.214 e. The van der Waals surface area contributed by atoms with Gasteiger partial charge in [-0.15, -0.1) is 0 Å². The van der Waals surface area contributed by atoms with Gasteiger partial charge in [0.25, 0.3) is 0 Å². The zero-order chi connectivity index (χ0) is 40.4. The molecule has 2 aromatic heterocycles. The van der Waals surface area contributed by atoms with Crippen LogP contribution in [-0.4, -0.2) is 92.5 Å². The van der Waals surface area contributed by atoms with Crippen molar-refractivity contribution in [2.24, 2.45) is 0 Å². The number of ketones is 2. The minimum absolute atomic E-state index is 0.0178. The van der Waals surface area contributed by atoms with Crippen molar-refractivity contribution in [1.29, 1.82) is 0 Å². The number of rotatable bonds is 13. The number of piperidine rings is 2. The number of hydrogen-bond donors (Lipinski definition) is 5. The number of benzene rings is 2. The zero-order valence-electron chi connectivity index (χ0n) is 31.6. The molecule has 0 unspecified atom stereocenters. The van der Waals surface area contributed by atoms with Crippen molar-refractivity contribution in [2.75, 3.05) is 68.3 Å². The number of nitrogens with zero attached hydrogens (tertiary/aromatic N) is 3. The Morgan fingerprint density at radius 1 is 0.750 bits per heavy atom. The van der Waals surface area contributed by atoms with Gasteiger partial charge in [0.05, 0.1) is 42.2 Å². The number of anilines is 4. The van der Waals surface area contributed by atoms with E-state index in [4.69, 9.17) is 20.9 Å². The molecule has 4 heterocycles. The van der Waals surface area contributed by atoms with Crippen LogP contribution < -0.4 is 36.9 Å². The Hall–Kier alpha value is -5.39. The molecule has 56 heavy (non-hydrogen) atoms. The molecule has 2 aliphatic heterocycles. The van der Waals surface area contributed by atoms with Crippen LogP contribution >= 0.6 is 0 Å². The third kappa shape index (κ3) is 10.5. The van der Waals surface area contributed by atoms with E-state index in [1.807, 2.05) is 6.92 Å². The summed E-state index contributed by atoms with van der Waals surface area (Å²) >= 11 is 0. The Labute approximate surface area is 325 Å². The van der Waals surface area contributed by atoms with E-state index in [1.165, 1.54) is 48.9 Å². The fourth-order valence-electron chi connectivity index (χ4n) is 6.55. The fraction of sp³-hybridized carbons (Fsp3) is 0.385. The zero-order valence-corrected chi connectivity index (χ0v) is 32.4. The van der Waals surface area contributed by atoms with Crippen molar-refractivity contribution < 1.29 is 36.3 Å². The summed E-state index contributed by atoms with van der Waals surface area (Å²) in [6.45, 7) is 4.67. The normalized spacial score (nSPS) is 15.3. The number of carbonyl (C=O) groups is 2. The number of methoxy groups -OCH3 is 2. The first-order valence-electron chi connectivity index (χ1n) is 18.3. The van der Waals surface area contributed by atoms with Crippen LogP contribution in [-0.2, 0) is 10.0 Å². The summed E-state index contributed by atoms with van der Waals surface area (Å²) in [6.07, 6.45) is 3.89. The largest absolute Gasteiger partial charge is 0.496 e. The van der Waals surface area contributed by atoms with Crippen molar-refractivity contribution in [3.8, 4) is 11.5 Å². The van der Waals surface area contributed by atoms with Crippen LogP contribution in [0, 0.1) is 11.6 Å². The lowest BCUT2D eigenvalue weighted by Crippen LogP contribution is -2.43. The highest BCUT2D eigenvalue weighted by atomic mass is 32.2. The molecular weight excluding hydrogens is 747 g/mol. The molecule has 2 aliphatic rings. The number of sulfonamides is 1. The van der Waals surface area contributed by atoms with Crippen LogP contribution in [0.3, 0.4) is 0 Å². The van der Waals surface area contributed by atoms with E-state index >= 15 is 0 Å². The van der Waals surface area contributed by atoms with E-state index in [-0.39, 0.29) is 51.4 Å². The number of nitrogens with one attached hydrogen (secondary N) is 3. The Morgan fingerprint density at radius 2 is 1.20 bits per heavy atom. The van der Waals surface area contributed by atoms with Gasteiger partial charge >= 0.3 is 0 Å². The first-order chi connectivity index (χ1) is 26.8. The standard InChI is InChI=1S/C21H27FN4O4S.C18H21FN4O2/c1-3-12-31(28,29)26-10-8-15(9-11-26)24-19-7-5-16(21(23)25-19)20(27)17-13-14(22)4-6-18(17)30-2;1-25-15-4-2-11(19)10-14(15)17(24)13-3-5-16(23-18(13)20)22-12-6-8-21-9-7-12/h4-7,13,15H,3,8-12H2,1-2H3,(H3,23,24,25);2-5,10,12,21H,6-9H2,1H3,(H3,20,22,23). The Morgan fingerprint density at radius 3 is 1.61 bits per heavy atom. The highest BCUT2D eigenvalue weighted by molar-refractivity contribution is 7.89. The number of halogens is 2. The molecule has 2 fully saturated rings. The lowest BCUT2D eigenvalue weighted by Gasteiger charge is -2.31. The van der Waals surface area contributed by atoms with Crippen LogP contribution in [0.4, 0.5) is 32.1 Å². The summed E-state index contributed by atoms with van der Waals surface area (Å²) in [5, 5.41) is 9.88. The third-order valence-corrected chi connectivity index (χ3v) is 11.6. The van der Waals surface area contributed by atoms with Gasteiger partial charge in [0.1, 0.15) is 46.4 Å². The molecule has 0 spiro atoms. The van der Waals surface area contributed by atoms with Gasteiger partial charge in [0.2, 0.25) is 21.6 Å². The summed E-state index contributed by atoms with van der Waals surface area (Å²) in [5.41, 5.74) is 12.5. The summed E-state index contributed by atoms with van der Waals surface area (Å²) in [7, 11) is -0.363. The number of aromatic nitrogens is 2.